The van der Waals surface area contributed by atoms with Gasteiger partial charge in [-0.2, -0.15) is 13.2 Å². The van der Waals surface area contributed by atoms with Crippen molar-refractivity contribution in [3.05, 3.63) is 0 Å². The maximum atomic E-state index is 12.2. The van der Waals surface area contributed by atoms with E-state index >= 15 is 0 Å². The van der Waals surface area contributed by atoms with Crippen LogP contribution in [0, 0.1) is 0 Å². The third kappa shape index (κ3) is 4.05. The largest absolute Gasteiger partial charge is 0.401 e. The van der Waals surface area contributed by atoms with Crippen LogP contribution in [0.15, 0.2) is 0 Å². The number of halogens is 4. The van der Waals surface area contributed by atoms with Gasteiger partial charge in [0, 0.05) is 11.9 Å². The lowest BCUT2D eigenvalue weighted by Gasteiger charge is -2.35. The third-order valence-corrected chi connectivity index (χ3v) is 2.79. The summed E-state index contributed by atoms with van der Waals surface area (Å²) in [5.41, 5.74) is 0. The lowest BCUT2D eigenvalue weighted by Crippen LogP contribution is -2.44. The van der Waals surface area contributed by atoms with Gasteiger partial charge in [-0.15, -0.1) is 11.6 Å². The van der Waals surface area contributed by atoms with Gasteiger partial charge in [0.1, 0.15) is 0 Å². The fourth-order valence-corrected chi connectivity index (χ4v) is 2.20. The predicted molar refractivity (Wildman–Crippen MR) is 50.6 cm³/mol. The fraction of sp³-hybridized carbons (Fsp3) is 1.00. The molecule has 1 fully saturated rings. The molecule has 0 amide bonds. The molecule has 0 aliphatic carbocycles. The molecule has 0 saturated carbocycles. The van der Waals surface area contributed by atoms with Gasteiger partial charge in [0.05, 0.1) is 6.54 Å². The summed E-state index contributed by atoms with van der Waals surface area (Å²) in [6.45, 7) is -0.227. The molecule has 0 bridgehead atoms. The van der Waals surface area contributed by atoms with Crippen molar-refractivity contribution in [1.29, 1.82) is 0 Å². The molecule has 14 heavy (non-hydrogen) atoms. The Morgan fingerprint density at radius 3 is 2.57 bits per heavy atom. The van der Waals surface area contributed by atoms with E-state index in [0.717, 1.165) is 19.3 Å². The van der Waals surface area contributed by atoms with Gasteiger partial charge in [-0.25, -0.2) is 0 Å². The van der Waals surface area contributed by atoms with E-state index in [4.69, 9.17) is 11.6 Å². The minimum absolute atomic E-state index is 0.0304. The van der Waals surface area contributed by atoms with E-state index in [2.05, 4.69) is 0 Å². The maximum absolute atomic E-state index is 12.2. The Hall–Kier alpha value is 0.0400. The van der Waals surface area contributed by atoms with Gasteiger partial charge in [-0.1, -0.05) is 6.42 Å². The summed E-state index contributed by atoms with van der Waals surface area (Å²) in [5.74, 6) is 0.443. The summed E-state index contributed by atoms with van der Waals surface area (Å²) in [4.78, 5) is 1.52. The highest BCUT2D eigenvalue weighted by Crippen LogP contribution is 2.25. The van der Waals surface area contributed by atoms with E-state index in [1.807, 2.05) is 0 Å². The summed E-state index contributed by atoms with van der Waals surface area (Å²) in [6.07, 6.45) is -0.673. The molecule has 5 heteroatoms. The van der Waals surface area contributed by atoms with E-state index in [1.54, 1.807) is 0 Å². The summed E-state index contributed by atoms with van der Waals surface area (Å²) in [5, 5.41) is 0. The van der Waals surface area contributed by atoms with E-state index in [1.165, 1.54) is 4.90 Å². The van der Waals surface area contributed by atoms with Crippen LogP contribution in [-0.4, -0.2) is 36.1 Å². The Kier molecular flexibility index (Phi) is 4.51. The van der Waals surface area contributed by atoms with Crippen molar-refractivity contribution in [2.75, 3.05) is 19.0 Å². The molecule has 1 aliphatic rings. The van der Waals surface area contributed by atoms with Gasteiger partial charge in [-0.05, 0) is 25.8 Å². The zero-order valence-corrected chi connectivity index (χ0v) is 8.74. The van der Waals surface area contributed by atoms with Crippen molar-refractivity contribution in [2.24, 2.45) is 0 Å². The van der Waals surface area contributed by atoms with Gasteiger partial charge < -0.3 is 0 Å². The average molecular weight is 230 g/mol. The quantitative estimate of drug-likeness (QED) is 0.673. The first-order chi connectivity index (χ1) is 6.53. The topological polar surface area (TPSA) is 3.24 Å². The Morgan fingerprint density at radius 2 is 2.00 bits per heavy atom. The molecule has 0 radical (unpaired) electrons. The van der Waals surface area contributed by atoms with Crippen molar-refractivity contribution < 1.29 is 13.2 Å². The van der Waals surface area contributed by atoms with Crippen LogP contribution in [0.2, 0.25) is 0 Å². The molecule has 1 unspecified atom stereocenters. The highest BCUT2D eigenvalue weighted by Gasteiger charge is 2.34. The Balaban J connectivity index is 2.45. The second-order valence-corrected chi connectivity index (χ2v) is 4.09. The van der Waals surface area contributed by atoms with Crippen LogP contribution < -0.4 is 0 Å². The SMILES string of the molecule is FC(F)(F)CN1CCCCC1CCCl. The first-order valence-electron chi connectivity index (χ1n) is 4.89. The van der Waals surface area contributed by atoms with Gasteiger partial charge in [-0.3, -0.25) is 4.90 Å². The van der Waals surface area contributed by atoms with Gasteiger partial charge in [0.15, 0.2) is 0 Å². The molecule has 1 atom stereocenters. The van der Waals surface area contributed by atoms with E-state index < -0.39 is 12.7 Å². The average Bonchev–Trinajstić information content (AvgIpc) is 2.06. The van der Waals surface area contributed by atoms with Crippen LogP contribution in [0.1, 0.15) is 25.7 Å². The van der Waals surface area contributed by atoms with Crippen molar-refractivity contribution >= 4 is 11.6 Å². The van der Waals surface area contributed by atoms with Gasteiger partial charge >= 0.3 is 6.18 Å². The van der Waals surface area contributed by atoms with Crippen LogP contribution in [0.4, 0.5) is 13.2 Å². The number of hydrogen-bond acceptors (Lipinski definition) is 1. The Labute approximate surface area is 87.2 Å². The van der Waals surface area contributed by atoms with Crippen molar-refractivity contribution in [1.82, 2.24) is 4.90 Å². The van der Waals surface area contributed by atoms with E-state index in [9.17, 15) is 13.2 Å². The molecular weight excluding hydrogens is 215 g/mol. The number of piperidine rings is 1. The standard InChI is InChI=1S/C9H15ClF3N/c10-5-4-8-3-1-2-6-14(8)7-9(11,12)13/h8H,1-7H2. The Bertz CT molecular complexity index is 170. The monoisotopic (exact) mass is 229 g/mol. The number of rotatable bonds is 3. The third-order valence-electron chi connectivity index (χ3n) is 2.57. The summed E-state index contributed by atoms with van der Waals surface area (Å²) in [7, 11) is 0. The van der Waals surface area contributed by atoms with Crippen molar-refractivity contribution in [3.63, 3.8) is 0 Å². The van der Waals surface area contributed by atoms with Crippen LogP contribution in [0.25, 0.3) is 0 Å². The molecule has 1 aliphatic heterocycles. The maximum Gasteiger partial charge on any atom is 0.401 e. The molecule has 0 aromatic carbocycles. The molecule has 0 N–H and O–H groups in total. The predicted octanol–water partition coefficient (Wildman–Crippen LogP) is 3.03. The molecule has 0 spiro atoms. The molecule has 84 valence electrons. The van der Waals surface area contributed by atoms with Crippen LogP contribution in [0.5, 0.6) is 0 Å². The van der Waals surface area contributed by atoms with Gasteiger partial charge in [0.25, 0.3) is 0 Å². The number of likely N-dealkylation sites (tertiary alicyclic amines) is 1. The lowest BCUT2D eigenvalue weighted by atomic mass is 10.00. The molecule has 1 nitrogen and oxygen atoms in total. The zero-order chi connectivity index (χ0) is 10.6. The second kappa shape index (κ2) is 5.21. The molecule has 1 rings (SSSR count). The molecular formula is C9H15ClF3N. The van der Waals surface area contributed by atoms with Crippen LogP contribution in [-0.2, 0) is 0 Å². The van der Waals surface area contributed by atoms with E-state index in [0.29, 0.717) is 18.8 Å². The van der Waals surface area contributed by atoms with E-state index in [-0.39, 0.29) is 6.04 Å². The van der Waals surface area contributed by atoms with Gasteiger partial charge in [0.2, 0.25) is 0 Å². The number of nitrogens with zero attached hydrogens (tertiary/aromatic N) is 1. The van der Waals surface area contributed by atoms with Crippen molar-refractivity contribution in [2.45, 2.75) is 37.9 Å². The summed E-state index contributed by atoms with van der Waals surface area (Å²) < 4.78 is 36.5. The molecule has 1 saturated heterocycles. The Morgan fingerprint density at radius 1 is 1.29 bits per heavy atom. The van der Waals surface area contributed by atoms with Crippen molar-refractivity contribution in [3.8, 4) is 0 Å². The van der Waals surface area contributed by atoms with Crippen LogP contribution in [0.3, 0.4) is 0 Å². The second-order valence-electron chi connectivity index (χ2n) is 3.71. The minimum atomic E-state index is -4.08. The minimum Gasteiger partial charge on any atom is -0.292 e. The highest BCUT2D eigenvalue weighted by molar-refractivity contribution is 6.17. The molecule has 0 aromatic heterocycles. The smallest absolute Gasteiger partial charge is 0.292 e. The lowest BCUT2D eigenvalue weighted by molar-refractivity contribution is -0.153. The number of hydrogen-bond donors (Lipinski definition) is 0. The molecule has 0 aromatic rings. The van der Waals surface area contributed by atoms with Crippen LogP contribution >= 0.6 is 11.6 Å². The first kappa shape index (κ1) is 12.1. The summed E-state index contributed by atoms with van der Waals surface area (Å²) >= 11 is 5.56. The number of alkyl halides is 4. The first-order valence-corrected chi connectivity index (χ1v) is 5.43. The normalized spacial score (nSPS) is 25.3. The molecule has 1 heterocycles. The summed E-state index contributed by atoms with van der Waals surface area (Å²) in [6, 6.07) is 0.0304. The fourth-order valence-electron chi connectivity index (χ4n) is 1.95. The zero-order valence-electron chi connectivity index (χ0n) is 7.99. The highest BCUT2D eigenvalue weighted by atomic mass is 35.5.